The third-order valence-electron chi connectivity index (χ3n) is 3.01. The van der Waals surface area contributed by atoms with E-state index in [0.29, 0.717) is 17.9 Å². The molecular weight excluding hydrogens is 256 g/mol. The molecule has 2 heterocycles. The van der Waals surface area contributed by atoms with E-state index in [1.807, 2.05) is 30.3 Å². The summed E-state index contributed by atoms with van der Waals surface area (Å²) in [6, 6.07) is 9.22. The van der Waals surface area contributed by atoms with Gasteiger partial charge >= 0.3 is 5.97 Å². The summed E-state index contributed by atoms with van der Waals surface area (Å²) in [6.45, 7) is 0. The lowest BCUT2D eigenvalue weighted by atomic mass is 10.1. The maximum atomic E-state index is 10.6. The lowest BCUT2D eigenvalue weighted by molar-refractivity contribution is -0.136. The molecule has 0 saturated heterocycles. The molecule has 0 bridgehead atoms. The summed E-state index contributed by atoms with van der Waals surface area (Å²) in [5.41, 5.74) is 3.23. The van der Waals surface area contributed by atoms with Crippen LogP contribution in [0.1, 0.15) is 12.0 Å². The Labute approximate surface area is 114 Å². The molecule has 0 unspecified atom stereocenters. The lowest BCUT2D eigenvalue weighted by Crippen LogP contribution is -1.97. The number of fused-ring (bicyclic) bond motifs is 1. The highest BCUT2D eigenvalue weighted by molar-refractivity contribution is 5.77. The Bertz CT molecular complexity index is 750. The minimum Gasteiger partial charge on any atom is -0.481 e. The van der Waals surface area contributed by atoms with Gasteiger partial charge in [-0.15, -0.1) is 0 Å². The van der Waals surface area contributed by atoms with E-state index in [1.54, 1.807) is 12.4 Å². The number of hydrogen-bond acceptors (Lipinski definition) is 4. The Morgan fingerprint density at radius 1 is 1.20 bits per heavy atom. The lowest BCUT2D eigenvalue weighted by Gasteiger charge is -1.96. The summed E-state index contributed by atoms with van der Waals surface area (Å²) >= 11 is 0. The first-order valence-corrected chi connectivity index (χ1v) is 6.24. The van der Waals surface area contributed by atoms with Gasteiger partial charge in [-0.1, -0.05) is 6.07 Å². The second-order valence-electron chi connectivity index (χ2n) is 4.45. The smallest absolute Gasteiger partial charge is 0.303 e. The number of aryl methyl sites for hydroxylation is 1. The Balaban J connectivity index is 1.93. The van der Waals surface area contributed by atoms with Crippen LogP contribution in [0.4, 0.5) is 0 Å². The monoisotopic (exact) mass is 268 g/mol. The zero-order chi connectivity index (χ0) is 13.9. The van der Waals surface area contributed by atoms with Crippen LogP contribution in [0, 0.1) is 0 Å². The molecule has 0 atom stereocenters. The number of pyridine rings is 1. The molecule has 3 rings (SSSR count). The molecule has 3 aromatic rings. The fourth-order valence-corrected chi connectivity index (χ4v) is 2.00. The molecule has 0 aliphatic carbocycles. The average Bonchev–Trinajstić information content (AvgIpc) is 2.89. The number of aromatic nitrogens is 2. The van der Waals surface area contributed by atoms with Crippen LogP contribution >= 0.6 is 0 Å². The molecule has 20 heavy (non-hydrogen) atoms. The molecule has 0 fully saturated rings. The summed E-state index contributed by atoms with van der Waals surface area (Å²) in [6.07, 6.45) is 3.97. The van der Waals surface area contributed by atoms with Crippen molar-refractivity contribution < 1.29 is 14.3 Å². The van der Waals surface area contributed by atoms with Gasteiger partial charge < -0.3 is 9.52 Å². The summed E-state index contributed by atoms with van der Waals surface area (Å²) in [5, 5.41) is 8.70. The van der Waals surface area contributed by atoms with Crippen molar-refractivity contribution in [2.75, 3.05) is 0 Å². The first-order chi connectivity index (χ1) is 9.72. The Morgan fingerprint density at radius 3 is 2.75 bits per heavy atom. The second kappa shape index (κ2) is 5.13. The van der Waals surface area contributed by atoms with Crippen molar-refractivity contribution in [1.29, 1.82) is 0 Å². The van der Waals surface area contributed by atoms with E-state index in [-0.39, 0.29) is 6.42 Å². The van der Waals surface area contributed by atoms with E-state index in [1.165, 1.54) is 0 Å². The SMILES string of the molecule is O=C(O)CCc1ccc2oc(-c3ccncc3)nc2c1. The number of oxazole rings is 1. The number of nitrogens with zero attached hydrogens (tertiary/aromatic N) is 2. The van der Waals surface area contributed by atoms with E-state index in [2.05, 4.69) is 9.97 Å². The molecule has 1 N–H and O–H groups in total. The molecule has 0 radical (unpaired) electrons. The van der Waals surface area contributed by atoms with Crippen molar-refractivity contribution >= 4 is 17.1 Å². The number of carboxylic acid groups (broad SMARTS) is 1. The van der Waals surface area contributed by atoms with Gasteiger partial charge in [-0.2, -0.15) is 0 Å². The molecule has 0 spiro atoms. The van der Waals surface area contributed by atoms with Crippen LogP contribution in [-0.4, -0.2) is 21.0 Å². The molecule has 100 valence electrons. The maximum absolute atomic E-state index is 10.6. The average molecular weight is 268 g/mol. The minimum atomic E-state index is -0.803. The first kappa shape index (κ1) is 12.3. The van der Waals surface area contributed by atoms with Gasteiger partial charge in [-0.25, -0.2) is 4.98 Å². The van der Waals surface area contributed by atoms with Crippen LogP contribution < -0.4 is 0 Å². The van der Waals surface area contributed by atoms with Gasteiger partial charge in [-0.3, -0.25) is 9.78 Å². The molecule has 0 aliphatic rings. The van der Waals surface area contributed by atoms with Crippen molar-refractivity contribution in [2.24, 2.45) is 0 Å². The molecule has 2 aromatic heterocycles. The van der Waals surface area contributed by atoms with Gasteiger partial charge in [0.1, 0.15) is 5.52 Å². The van der Waals surface area contributed by atoms with Crippen LogP contribution in [0.15, 0.2) is 47.1 Å². The van der Waals surface area contributed by atoms with Gasteiger partial charge in [0.25, 0.3) is 0 Å². The maximum Gasteiger partial charge on any atom is 0.303 e. The number of carbonyl (C=O) groups is 1. The Hall–Kier alpha value is -2.69. The van der Waals surface area contributed by atoms with Crippen LogP contribution in [0.3, 0.4) is 0 Å². The van der Waals surface area contributed by atoms with Crippen LogP contribution in [0.25, 0.3) is 22.6 Å². The van der Waals surface area contributed by atoms with Gasteiger partial charge in [0, 0.05) is 24.4 Å². The standard InChI is InChI=1S/C15H12N2O3/c18-14(19)4-2-10-1-3-13-12(9-10)17-15(20-13)11-5-7-16-8-6-11/h1,3,5-9H,2,4H2,(H,18,19). The summed E-state index contributed by atoms with van der Waals surface area (Å²) < 4.78 is 5.68. The first-order valence-electron chi connectivity index (χ1n) is 6.24. The third-order valence-corrected chi connectivity index (χ3v) is 3.01. The number of benzene rings is 1. The summed E-state index contributed by atoms with van der Waals surface area (Å²) in [5.74, 6) is -0.263. The van der Waals surface area contributed by atoms with Crippen LogP contribution in [0.2, 0.25) is 0 Å². The number of rotatable bonds is 4. The van der Waals surface area contributed by atoms with E-state index in [9.17, 15) is 4.79 Å². The molecule has 0 aliphatic heterocycles. The predicted octanol–water partition coefficient (Wildman–Crippen LogP) is 2.91. The largest absolute Gasteiger partial charge is 0.481 e. The molecule has 5 heteroatoms. The molecular formula is C15H12N2O3. The number of hydrogen-bond donors (Lipinski definition) is 1. The molecule has 0 saturated carbocycles. The molecule has 1 aromatic carbocycles. The highest BCUT2D eigenvalue weighted by atomic mass is 16.4. The van der Waals surface area contributed by atoms with E-state index < -0.39 is 5.97 Å². The van der Waals surface area contributed by atoms with Crippen molar-refractivity contribution in [3.8, 4) is 11.5 Å². The van der Waals surface area contributed by atoms with Crippen LogP contribution in [0.5, 0.6) is 0 Å². The zero-order valence-corrected chi connectivity index (χ0v) is 10.6. The van der Waals surface area contributed by atoms with Gasteiger partial charge in [0.15, 0.2) is 5.58 Å². The van der Waals surface area contributed by atoms with E-state index in [0.717, 1.165) is 16.6 Å². The van der Waals surface area contributed by atoms with Gasteiger partial charge in [-0.05, 0) is 36.2 Å². The number of aliphatic carboxylic acids is 1. The Kier molecular flexibility index (Phi) is 3.16. The zero-order valence-electron chi connectivity index (χ0n) is 10.6. The van der Waals surface area contributed by atoms with E-state index in [4.69, 9.17) is 9.52 Å². The molecule has 5 nitrogen and oxygen atoms in total. The minimum absolute atomic E-state index is 0.112. The fraction of sp³-hybridized carbons (Fsp3) is 0.133. The van der Waals surface area contributed by atoms with Crippen molar-refractivity contribution in [3.63, 3.8) is 0 Å². The second-order valence-corrected chi connectivity index (χ2v) is 4.45. The topological polar surface area (TPSA) is 76.2 Å². The van der Waals surface area contributed by atoms with Crippen molar-refractivity contribution in [2.45, 2.75) is 12.8 Å². The Morgan fingerprint density at radius 2 is 2.00 bits per heavy atom. The highest BCUT2D eigenvalue weighted by Crippen LogP contribution is 2.24. The van der Waals surface area contributed by atoms with Crippen LogP contribution in [-0.2, 0) is 11.2 Å². The summed E-state index contributed by atoms with van der Waals surface area (Å²) in [4.78, 5) is 19.0. The van der Waals surface area contributed by atoms with Gasteiger partial charge in [0.2, 0.25) is 5.89 Å². The normalized spacial score (nSPS) is 10.8. The fourth-order valence-electron chi connectivity index (χ4n) is 2.00. The van der Waals surface area contributed by atoms with Crippen molar-refractivity contribution in [3.05, 3.63) is 48.3 Å². The highest BCUT2D eigenvalue weighted by Gasteiger charge is 2.09. The van der Waals surface area contributed by atoms with Crippen molar-refractivity contribution in [1.82, 2.24) is 9.97 Å². The third kappa shape index (κ3) is 2.51. The van der Waals surface area contributed by atoms with E-state index >= 15 is 0 Å². The quantitative estimate of drug-likeness (QED) is 0.787. The predicted molar refractivity (Wildman–Crippen MR) is 73.2 cm³/mol. The molecule has 0 amide bonds. The summed E-state index contributed by atoms with van der Waals surface area (Å²) in [7, 11) is 0. The van der Waals surface area contributed by atoms with Gasteiger partial charge in [0.05, 0.1) is 0 Å². The number of carboxylic acids is 1.